The highest BCUT2D eigenvalue weighted by Gasteiger charge is 2.21. The molecular formula is C19H22N4O. The van der Waals surface area contributed by atoms with Crippen molar-refractivity contribution >= 4 is 11.3 Å². The van der Waals surface area contributed by atoms with Gasteiger partial charge in [0.2, 0.25) is 0 Å². The van der Waals surface area contributed by atoms with Gasteiger partial charge in [-0.2, -0.15) is 5.10 Å². The number of β-amino-alcohol motifs (C(OH)–C–C–N with tert-alkyl or cyclic N) is 1. The molecule has 2 aromatic heterocycles. The molecule has 3 heterocycles. The van der Waals surface area contributed by atoms with Crippen molar-refractivity contribution in [3.63, 3.8) is 0 Å². The molecule has 1 atom stereocenters. The van der Waals surface area contributed by atoms with Crippen molar-refractivity contribution in [3.8, 4) is 11.3 Å². The number of nitrogens with zero attached hydrogens (tertiary/aromatic N) is 4. The van der Waals surface area contributed by atoms with Crippen LogP contribution < -0.4 is 4.90 Å². The summed E-state index contributed by atoms with van der Waals surface area (Å²) >= 11 is 0. The van der Waals surface area contributed by atoms with E-state index in [2.05, 4.69) is 48.0 Å². The van der Waals surface area contributed by atoms with E-state index in [1.807, 2.05) is 10.7 Å². The first kappa shape index (κ1) is 15.1. The smallest absolute Gasteiger partial charge is 0.154 e. The van der Waals surface area contributed by atoms with E-state index in [1.54, 1.807) is 6.20 Å². The summed E-state index contributed by atoms with van der Waals surface area (Å²) in [4.78, 5) is 6.72. The van der Waals surface area contributed by atoms with Crippen LogP contribution in [0.4, 0.5) is 5.82 Å². The van der Waals surface area contributed by atoms with E-state index in [0.717, 1.165) is 42.0 Å². The van der Waals surface area contributed by atoms with Gasteiger partial charge in [0.1, 0.15) is 5.52 Å². The Morgan fingerprint density at radius 2 is 2.04 bits per heavy atom. The van der Waals surface area contributed by atoms with Crippen LogP contribution in [0.2, 0.25) is 0 Å². The topological polar surface area (TPSA) is 53.7 Å². The minimum absolute atomic E-state index is 0.275. The number of fused-ring (bicyclic) bond motifs is 1. The number of rotatable bonds is 2. The van der Waals surface area contributed by atoms with E-state index in [9.17, 15) is 5.11 Å². The SMILES string of the molecule is Cc1ccc(-c2cc3c(N4CCCC(O)C4)nccn3n2)cc1C. The Morgan fingerprint density at radius 3 is 2.83 bits per heavy atom. The van der Waals surface area contributed by atoms with Crippen LogP contribution >= 0.6 is 0 Å². The predicted octanol–water partition coefficient (Wildman–Crippen LogP) is 2.97. The minimum Gasteiger partial charge on any atom is -0.391 e. The van der Waals surface area contributed by atoms with Gasteiger partial charge < -0.3 is 10.0 Å². The van der Waals surface area contributed by atoms with Gasteiger partial charge in [-0.15, -0.1) is 0 Å². The van der Waals surface area contributed by atoms with E-state index in [-0.39, 0.29) is 6.10 Å². The zero-order valence-corrected chi connectivity index (χ0v) is 14.1. The third-order valence-corrected chi connectivity index (χ3v) is 4.87. The zero-order valence-electron chi connectivity index (χ0n) is 14.1. The molecule has 5 nitrogen and oxygen atoms in total. The standard InChI is InChI=1S/C19H22N4O/c1-13-5-6-15(10-14(13)2)17-11-18-19(20-7-9-23(18)21-17)22-8-3-4-16(24)12-22/h5-7,9-11,16,24H,3-4,8,12H2,1-2H3. The van der Waals surface area contributed by atoms with E-state index in [4.69, 9.17) is 5.10 Å². The van der Waals surface area contributed by atoms with Gasteiger partial charge in [0, 0.05) is 31.0 Å². The summed E-state index contributed by atoms with van der Waals surface area (Å²) in [7, 11) is 0. The lowest BCUT2D eigenvalue weighted by Crippen LogP contribution is -2.38. The molecule has 3 aromatic rings. The molecule has 0 bridgehead atoms. The Bertz CT molecular complexity index is 886. The molecular weight excluding hydrogens is 300 g/mol. The number of hydrogen-bond donors (Lipinski definition) is 1. The van der Waals surface area contributed by atoms with Gasteiger partial charge in [0.15, 0.2) is 5.82 Å². The Hall–Kier alpha value is -2.40. The highest BCUT2D eigenvalue weighted by Crippen LogP contribution is 2.27. The van der Waals surface area contributed by atoms with Gasteiger partial charge in [-0.25, -0.2) is 9.50 Å². The summed E-state index contributed by atoms with van der Waals surface area (Å²) in [6.45, 7) is 5.80. The number of hydrogen-bond acceptors (Lipinski definition) is 4. The van der Waals surface area contributed by atoms with Crippen LogP contribution in [0.3, 0.4) is 0 Å². The molecule has 0 aliphatic carbocycles. The lowest BCUT2D eigenvalue weighted by atomic mass is 10.0. The fourth-order valence-electron chi connectivity index (χ4n) is 3.34. The quantitative estimate of drug-likeness (QED) is 0.788. The number of aliphatic hydroxyl groups excluding tert-OH is 1. The maximum absolute atomic E-state index is 9.96. The lowest BCUT2D eigenvalue weighted by Gasteiger charge is -2.31. The van der Waals surface area contributed by atoms with Crippen LogP contribution in [-0.2, 0) is 0 Å². The summed E-state index contributed by atoms with van der Waals surface area (Å²) in [6, 6.07) is 8.51. The molecule has 5 heteroatoms. The molecule has 1 aromatic carbocycles. The van der Waals surface area contributed by atoms with Crippen molar-refractivity contribution < 1.29 is 5.11 Å². The zero-order chi connectivity index (χ0) is 16.7. The molecule has 0 radical (unpaired) electrons. The first-order chi connectivity index (χ1) is 11.6. The second-order valence-corrected chi connectivity index (χ2v) is 6.65. The number of piperidine rings is 1. The van der Waals surface area contributed by atoms with Crippen LogP contribution in [0.15, 0.2) is 36.7 Å². The van der Waals surface area contributed by atoms with E-state index in [0.29, 0.717) is 6.54 Å². The van der Waals surface area contributed by atoms with Crippen LogP contribution in [0.25, 0.3) is 16.8 Å². The second kappa shape index (κ2) is 5.91. The number of aromatic nitrogens is 3. The van der Waals surface area contributed by atoms with Crippen LogP contribution in [0.5, 0.6) is 0 Å². The van der Waals surface area contributed by atoms with Gasteiger partial charge >= 0.3 is 0 Å². The molecule has 0 spiro atoms. The summed E-state index contributed by atoms with van der Waals surface area (Å²) < 4.78 is 1.88. The average Bonchev–Trinajstić information content (AvgIpc) is 3.01. The van der Waals surface area contributed by atoms with Gasteiger partial charge in [0.25, 0.3) is 0 Å². The maximum atomic E-state index is 9.96. The van der Waals surface area contributed by atoms with Gasteiger partial charge in [-0.3, -0.25) is 0 Å². The first-order valence-corrected chi connectivity index (χ1v) is 8.47. The highest BCUT2D eigenvalue weighted by atomic mass is 16.3. The van der Waals surface area contributed by atoms with Gasteiger partial charge in [-0.1, -0.05) is 12.1 Å². The first-order valence-electron chi connectivity index (χ1n) is 8.47. The van der Waals surface area contributed by atoms with Crippen molar-refractivity contribution in [1.29, 1.82) is 0 Å². The minimum atomic E-state index is -0.275. The van der Waals surface area contributed by atoms with Crippen LogP contribution in [0.1, 0.15) is 24.0 Å². The normalized spacial score (nSPS) is 18.3. The number of benzene rings is 1. The van der Waals surface area contributed by atoms with Gasteiger partial charge in [-0.05, 0) is 49.9 Å². The summed E-state index contributed by atoms with van der Waals surface area (Å²) in [5.74, 6) is 0.902. The van der Waals surface area contributed by atoms with E-state index >= 15 is 0 Å². The fraction of sp³-hybridized carbons (Fsp3) is 0.368. The molecule has 1 saturated heterocycles. The Balaban J connectivity index is 1.78. The molecule has 1 fully saturated rings. The van der Waals surface area contributed by atoms with E-state index in [1.165, 1.54) is 11.1 Å². The summed E-state index contributed by atoms with van der Waals surface area (Å²) in [6.07, 6.45) is 5.24. The summed E-state index contributed by atoms with van der Waals surface area (Å²) in [5, 5.41) is 14.7. The van der Waals surface area contributed by atoms with Crippen molar-refractivity contribution in [3.05, 3.63) is 47.8 Å². The maximum Gasteiger partial charge on any atom is 0.154 e. The third kappa shape index (κ3) is 2.65. The van der Waals surface area contributed by atoms with Crippen molar-refractivity contribution in [2.45, 2.75) is 32.8 Å². The molecule has 1 aliphatic rings. The van der Waals surface area contributed by atoms with Crippen LogP contribution in [0, 0.1) is 13.8 Å². The molecule has 0 amide bonds. The molecule has 4 rings (SSSR count). The molecule has 1 aliphatic heterocycles. The molecule has 1 unspecified atom stereocenters. The second-order valence-electron chi connectivity index (χ2n) is 6.65. The Morgan fingerprint density at radius 1 is 1.17 bits per heavy atom. The van der Waals surface area contributed by atoms with Crippen molar-refractivity contribution in [2.75, 3.05) is 18.0 Å². The highest BCUT2D eigenvalue weighted by molar-refractivity contribution is 5.75. The third-order valence-electron chi connectivity index (χ3n) is 4.87. The summed E-state index contributed by atoms with van der Waals surface area (Å²) in [5.41, 5.74) is 5.60. The number of aliphatic hydroxyl groups is 1. The Kier molecular flexibility index (Phi) is 3.73. The van der Waals surface area contributed by atoms with Crippen molar-refractivity contribution in [1.82, 2.24) is 14.6 Å². The number of aryl methyl sites for hydroxylation is 2. The largest absolute Gasteiger partial charge is 0.391 e. The van der Waals surface area contributed by atoms with Gasteiger partial charge in [0.05, 0.1) is 11.8 Å². The van der Waals surface area contributed by atoms with E-state index < -0.39 is 0 Å². The molecule has 0 saturated carbocycles. The predicted molar refractivity (Wildman–Crippen MR) is 95.4 cm³/mol. The Labute approximate surface area is 141 Å². The fourth-order valence-corrected chi connectivity index (χ4v) is 3.34. The number of anilines is 1. The lowest BCUT2D eigenvalue weighted by molar-refractivity contribution is 0.154. The molecule has 1 N–H and O–H groups in total. The average molecular weight is 322 g/mol. The van der Waals surface area contributed by atoms with Crippen molar-refractivity contribution in [2.24, 2.45) is 0 Å². The molecule has 24 heavy (non-hydrogen) atoms. The molecule has 124 valence electrons. The van der Waals surface area contributed by atoms with Crippen LogP contribution in [-0.4, -0.2) is 38.9 Å². The monoisotopic (exact) mass is 322 g/mol.